The lowest BCUT2D eigenvalue weighted by molar-refractivity contribution is -0.117. The Labute approximate surface area is 137 Å². The molecule has 0 aliphatic carbocycles. The molecule has 1 heterocycles. The first-order chi connectivity index (χ1) is 10.5. The molecule has 0 atom stereocenters. The van der Waals surface area contributed by atoms with E-state index in [0.29, 0.717) is 22.3 Å². The van der Waals surface area contributed by atoms with Gasteiger partial charge in [-0.25, -0.2) is 0 Å². The summed E-state index contributed by atoms with van der Waals surface area (Å²) in [6.45, 7) is 3.98. The lowest BCUT2D eigenvalue weighted by Gasteiger charge is -2.07. The van der Waals surface area contributed by atoms with Gasteiger partial charge in [-0.15, -0.1) is 0 Å². The van der Waals surface area contributed by atoms with Crippen molar-refractivity contribution in [3.63, 3.8) is 0 Å². The fourth-order valence-electron chi connectivity index (χ4n) is 1.70. The van der Waals surface area contributed by atoms with Crippen molar-refractivity contribution in [2.75, 3.05) is 6.61 Å². The molecule has 1 aromatic rings. The van der Waals surface area contributed by atoms with Crippen LogP contribution < -0.4 is 10.1 Å². The predicted molar refractivity (Wildman–Crippen MR) is 89.1 cm³/mol. The van der Waals surface area contributed by atoms with Gasteiger partial charge >= 0.3 is 0 Å². The lowest BCUT2D eigenvalue weighted by Crippen LogP contribution is -2.23. The third-order valence-electron chi connectivity index (χ3n) is 2.62. The fourth-order valence-corrected chi connectivity index (χ4v) is 2.80. The summed E-state index contributed by atoms with van der Waals surface area (Å²) in [5.74, 6) is -0.0248. The molecule has 5 nitrogen and oxygen atoms in total. The Kier molecular flexibility index (Phi) is 5.63. The number of amidine groups is 1. The van der Waals surface area contributed by atoms with Crippen molar-refractivity contribution in [2.24, 2.45) is 4.99 Å². The number of carbonyl (C=O) groups is 2. The molecule has 1 N–H and O–H groups in total. The van der Waals surface area contributed by atoms with Crippen LogP contribution in [0.15, 0.2) is 28.1 Å². The van der Waals surface area contributed by atoms with Crippen LogP contribution in [0, 0.1) is 0 Å². The van der Waals surface area contributed by atoms with E-state index in [9.17, 15) is 9.59 Å². The average Bonchev–Trinajstić information content (AvgIpc) is 2.77. The summed E-state index contributed by atoms with van der Waals surface area (Å²) in [6.07, 6.45) is 2.58. The molecular formula is C15H15ClN2O3S. The Bertz CT molecular complexity index is 671. The Morgan fingerprint density at radius 2 is 2.27 bits per heavy atom. The minimum atomic E-state index is -0.379. The Morgan fingerprint density at radius 3 is 2.91 bits per heavy atom. The van der Waals surface area contributed by atoms with Gasteiger partial charge in [0, 0.05) is 6.92 Å². The van der Waals surface area contributed by atoms with E-state index in [-0.39, 0.29) is 17.0 Å². The molecule has 1 aliphatic rings. The van der Waals surface area contributed by atoms with Crippen LogP contribution in [0.2, 0.25) is 5.02 Å². The number of nitrogens with zero attached hydrogens (tertiary/aromatic N) is 1. The van der Waals surface area contributed by atoms with Gasteiger partial charge in [0.2, 0.25) is 5.91 Å². The minimum Gasteiger partial charge on any atom is -0.492 e. The zero-order valence-corrected chi connectivity index (χ0v) is 13.8. The highest BCUT2D eigenvalue weighted by atomic mass is 35.5. The molecule has 0 spiro atoms. The van der Waals surface area contributed by atoms with Gasteiger partial charge in [0.15, 0.2) is 5.17 Å². The van der Waals surface area contributed by atoms with E-state index in [1.807, 2.05) is 13.0 Å². The Morgan fingerprint density at radius 1 is 1.50 bits per heavy atom. The topological polar surface area (TPSA) is 67.8 Å². The van der Waals surface area contributed by atoms with Gasteiger partial charge in [0.1, 0.15) is 5.75 Å². The minimum absolute atomic E-state index is 0.263. The number of thioether (sulfide) groups is 1. The second-order valence-corrected chi connectivity index (χ2v) is 5.99. The standard InChI is InChI=1S/C15H15ClN2O3S/c1-3-6-21-12-5-4-10(7-11(12)16)8-13-14(20)18-15(22-13)17-9(2)19/h4-5,7-8H,3,6H2,1-2H3,(H,17,18,19,20)/b13-8-. The highest BCUT2D eigenvalue weighted by Gasteiger charge is 2.22. The average molecular weight is 339 g/mol. The number of nitrogens with one attached hydrogen (secondary N) is 1. The first-order valence-electron chi connectivity index (χ1n) is 6.72. The van der Waals surface area contributed by atoms with Gasteiger partial charge in [-0.1, -0.05) is 24.6 Å². The molecule has 0 fully saturated rings. The maximum absolute atomic E-state index is 11.8. The van der Waals surface area contributed by atoms with E-state index >= 15 is 0 Å². The van der Waals surface area contributed by atoms with Crippen molar-refractivity contribution < 1.29 is 14.3 Å². The molecule has 7 heteroatoms. The number of rotatable bonds is 4. The van der Waals surface area contributed by atoms with E-state index in [1.54, 1.807) is 18.2 Å². The number of hydrogen-bond donors (Lipinski definition) is 1. The van der Waals surface area contributed by atoms with Crippen molar-refractivity contribution in [3.8, 4) is 5.75 Å². The molecular weight excluding hydrogens is 324 g/mol. The molecule has 0 radical (unpaired) electrons. The SMILES string of the molecule is CCCOc1ccc(/C=C2\SC(NC(C)=O)=NC2=O)cc1Cl. The van der Waals surface area contributed by atoms with Gasteiger partial charge < -0.3 is 10.1 Å². The van der Waals surface area contributed by atoms with Gasteiger partial charge in [0.05, 0.1) is 16.5 Å². The molecule has 2 amide bonds. The third-order valence-corrected chi connectivity index (χ3v) is 3.81. The van der Waals surface area contributed by atoms with Gasteiger partial charge in [-0.3, -0.25) is 9.59 Å². The van der Waals surface area contributed by atoms with E-state index in [2.05, 4.69) is 10.3 Å². The number of aliphatic imine (C=N–C) groups is 1. The van der Waals surface area contributed by atoms with Crippen molar-refractivity contribution in [3.05, 3.63) is 33.7 Å². The number of halogens is 1. The molecule has 0 aromatic heterocycles. The van der Waals surface area contributed by atoms with E-state index in [1.165, 1.54) is 6.92 Å². The predicted octanol–water partition coefficient (Wildman–Crippen LogP) is 3.24. The van der Waals surface area contributed by atoms with Crippen LogP contribution in [0.4, 0.5) is 0 Å². The molecule has 0 saturated carbocycles. The second-order valence-electron chi connectivity index (χ2n) is 4.55. The first-order valence-corrected chi connectivity index (χ1v) is 7.91. The van der Waals surface area contributed by atoms with E-state index < -0.39 is 0 Å². The zero-order valence-electron chi connectivity index (χ0n) is 12.2. The van der Waals surface area contributed by atoms with E-state index in [0.717, 1.165) is 23.7 Å². The summed E-state index contributed by atoms with van der Waals surface area (Å²) < 4.78 is 5.50. The molecule has 2 rings (SSSR count). The zero-order chi connectivity index (χ0) is 16.1. The quantitative estimate of drug-likeness (QED) is 0.856. The maximum atomic E-state index is 11.8. The maximum Gasteiger partial charge on any atom is 0.286 e. The van der Waals surface area contributed by atoms with Crippen LogP contribution in [-0.2, 0) is 9.59 Å². The Hall–Kier alpha value is -1.79. The monoisotopic (exact) mass is 338 g/mol. The first kappa shape index (κ1) is 16.6. The van der Waals surface area contributed by atoms with Crippen LogP contribution in [-0.4, -0.2) is 23.6 Å². The number of benzene rings is 1. The second kappa shape index (κ2) is 7.47. The normalized spacial score (nSPS) is 15.9. The summed E-state index contributed by atoms with van der Waals surface area (Å²) >= 11 is 7.27. The van der Waals surface area contributed by atoms with E-state index in [4.69, 9.17) is 16.3 Å². The van der Waals surface area contributed by atoms with Gasteiger partial charge in [0.25, 0.3) is 5.91 Å². The highest BCUT2D eigenvalue weighted by Crippen LogP contribution is 2.30. The van der Waals surface area contributed by atoms with Gasteiger partial charge in [-0.05, 0) is 42.0 Å². The smallest absolute Gasteiger partial charge is 0.286 e. The number of ether oxygens (including phenoxy) is 1. The van der Waals surface area contributed by atoms with Crippen LogP contribution in [0.5, 0.6) is 5.75 Å². The molecule has 22 heavy (non-hydrogen) atoms. The number of hydrogen-bond acceptors (Lipinski definition) is 4. The highest BCUT2D eigenvalue weighted by molar-refractivity contribution is 8.18. The summed E-state index contributed by atoms with van der Waals surface area (Å²) in [5, 5.41) is 3.27. The van der Waals surface area contributed by atoms with Crippen molar-refractivity contribution in [2.45, 2.75) is 20.3 Å². The van der Waals surface area contributed by atoms with Crippen LogP contribution in [0.3, 0.4) is 0 Å². The molecule has 1 aromatic carbocycles. The molecule has 0 saturated heterocycles. The third kappa shape index (κ3) is 4.35. The Balaban J connectivity index is 2.12. The van der Waals surface area contributed by atoms with Crippen LogP contribution in [0.1, 0.15) is 25.8 Å². The van der Waals surface area contributed by atoms with Crippen molar-refractivity contribution in [1.82, 2.24) is 5.32 Å². The number of amides is 2. The van der Waals surface area contributed by atoms with Crippen molar-refractivity contribution in [1.29, 1.82) is 0 Å². The lowest BCUT2D eigenvalue weighted by atomic mass is 10.2. The molecule has 1 aliphatic heterocycles. The molecule has 116 valence electrons. The summed E-state index contributed by atoms with van der Waals surface area (Å²) in [4.78, 5) is 27.0. The van der Waals surface area contributed by atoms with Crippen LogP contribution >= 0.6 is 23.4 Å². The summed E-state index contributed by atoms with van der Waals surface area (Å²) in [5.41, 5.74) is 0.768. The molecule has 0 bridgehead atoms. The summed E-state index contributed by atoms with van der Waals surface area (Å²) in [7, 11) is 0. The van der Waals surface area contributed by atoms with Gasteiger partial charge in [-0.2, -0.15) is 4.99 Å². The molecule has 0 unspecified atom stereocenters. The largest absolute Gasteiger partial charge is 0.492 e. The van der Waals surface area contributed by atoms with Crippen LogP contribution in [0.25, 0.3) is 6.08 Å². The van der Waals surface area contributed by atoms with Crippen molar-refractivity contribution >= 4 is 46.4 Å². The number of carbonyl (C=O) groups excluding carboxylic acids is 2. The fraction of sp³-hybridized carbons (Fsp3) is 0.267. The summed E-state index contributed by atoms with van der Waals surface area (Å²) in [6, 6.07) is 5.31.